The van der Waals surface area contributed by atoms with Crippen LogP contribution in [0, 0.1) is 24.2 Å². The van der Waals surface area contributed by atoms with Crippen molar-refractivity contribution in [2.24, 2.45) is 17.3 Å². The average molecular weight is 407 g/mol. The molecule has 0 bridgehead atoms. The second kappa shape index (κ2) is 7.40. The molecule has 2 nitrogen and oxygen atoms in total. The van der Waals surface area contributed by atoms with Crippen LogP contribution < -0.4 is 4.90 Å². The van der Waals surface area contributed by atoms with Crippen molar-refractivity contribution in [2.75, 3.05) is 4.90 Å². The molecule has 4 aliphatic rings. The SMILES string of the molecule is Cc1ccccc1N1C(C(C)(C)C)N2C(C=CC2(C2CCCC2)C2CCCC2)[C@@H]1C. The lowest BCUT2D eigenvalue weighted by molar-refractivity contribution is -0.0216. The molecule has 2 heteroatoms. The summed E-state index contributed by atoms with van der Waals surface area (Å²) >= 11 is 0. The first kappa shape index (κ1) is 20.6. The van der Waals surface area contributed by atoms with Gasteiger partial charge in [0.15, 0.2) is 0 Å². The van der Waals surface area contributed by atoms with Crippen LogP contribution in [0.2, 0.25) is 0 Å². The van der Waals surface area contributed by atoms with Crippen LogP contribution in [0.3, 0.4) is 0 Å². The molecule has 164 valence electrons. The Morgan fingerprint density at radius 3 is 2.00 bits per heavy atom. The van der Waals surface area contributed by atoms with Gasteiger partial charge in [-0.25, -0.2) is 0 Å². The van der Waals surface area contributed by atoms with Gasteiger partial charge in [0, 0.05) is 17.3 Å². The largest absolute Gasteiger partial charge is 0.350 e. The Bertz CT molecular complexity index is 775. The summed E-state index contributed by atoms with van der Waals surface area (Å²) in [4.78, 5) is 5.87. The second-order valence-corrected chi connectivity index (χ2v) is 11.8. The summed E-state index contributed by atoms with van der Waals surface area (Å²) in [5.74, 6) is 1.69. The van der Waals surface area contributed by atoms with Crippen LogP contribution in [0.25, 0.3) is 0 Å². The Balaban J connectivity index is 1.65. The zero-order valence-corrected chi connectivity index (χ0v) is 19.9. The maximum absolute atomic E-state index is 3.07. The number of para-hydroxylation sites is 1. The lowest BCUT2D eigenvalue weighted by atomic mass is 9.70. The van der Waals surface area contributed by atoms with E-state index in [0.717, 1.165) is 11.8 Å². The summed E-state index contributed by atoms with van der Waals surface area (Å²) in [6.45, 7) is 12.2. The summed E-state index contributed by atoms with van der Waals surface area (Å²) in [5, 5.41) is 0. The Kier molecular flexibility index (Phi) is 5.08. The van der Waals surface area contributed by atoms with E-state index >= 15 is 0 Å². The molecule has 1 aromatic carbocycles. The number of benzene rings is 1. The van der Waals surface area contributed by atoms with Crippen LogP contribution in [-0.4, -0.2) is 28.7 Å². The first-order valence-electron chi connectivity index (χ1n) is 12.7. The van der Waals surface area contributed by atoms with E-state index in [9.17, 15) is 0 Å². The first-order chi connectivity index (χ1) is 14.4. The summed E-state index contributed by atoms with van der Waals surface area (Å²) in [5.41, 5.74) is 3.33. The lowest BCUT2D eigenvalue weighted by Crippen LogP contribution is -2.62. The van der Waals surface area contributed by atoms with Crippen LogP contribution in [-0.2, 0) is 0 Å². The summed E-state index contributed by atoms with van der Waals surface area (Å²) < 4.78 is 0. The van der Waals surface area contributed by atoms with E-state index in [1.807, 2.05) is 0 Å². The highest BCUT2D eigenvalue weighted by Crippen LogP contribution is 2.57. The maximum atomic E-state index is 3.07. The van der Waals surface area contributed by atoms with Gasteiger partial charge in [-0.15, -0.1) is 0 Å². The van der Waals surface area contributed by atoms with E-state index in [2.05, 4.69) is 80.8 Å². The van der Waals surface area contributed by atoms with Gasteiger partial charge in [-0.05, 0) is 68.4 Å². The highest BCUT2D eigenvalue weighted by Gasteiger charge is 2.62. The fourth-order valence-corrected chi connectivity index (χ4v) is 7.82. The average Bonchev–Trinajstić information content (AvgIpc) is 3.48. The molecule has 5 rings (SSSR count). The monoisotopic (exact) mass is 406 g/mol. The van der Waals surface area contributed by atoms with Crippen LogP contribution in [0.5, 0.6) is 0 Å². The Labute approximate surface area is 184 Å². The van der Waals surface area contributed by atoms with Gasteiger partial charge in [0.1, 0.15) is 0 Å². The molecule has 1 saturated heterocycles. The van der Waals surface area contributed by atoms with E-state index in [1.54, 1.807) is 0 Å². The molecule has 3 fully saturated rings. The molecule has 0 aromatic heterocycles. The zero-order valence-electron chi connectivity index (χ0n) is 19.9. The summed E-state index contributed by atoms with van der Waals surface area (Å²) in [6, 6.07) is 10.1. The van der Waals surface area contributed by atoms with Gasteiger partial charge in [-0.3, -0.25) is 4.90 Å². The molecular weight excluding hydrogens is 364 g/mol. The number of nitrogens with zero attached hydrogens (tertiary/aromatic N) is 2. The van der Waals surface area contributed by atoms with Crippen molar-refractivity contribution in [3.63, 3.8) is 0 Å². The molecule has 30 heavy (non-hydrogen) atoms. The van der Waals surface area contributed by atoms with Crippen molar-refractivity contribution in [1.82, 2.24) is 4.90 Å². The molecule has 2 aliphatic carbocycles. The Morgan fingerprint density at radius 2 is 1.47 bits per heavy atom. The molecular formula is C28H42N2. The molecule has 0 N–H and O–H groups in total. The lowest BCUT2D eigenvalue weighted by Gasteiger charge is -2.53. The van der Waals surface area contributed by atoms with Gasteiger partial charge >= 0.3 is 0 Å². The predicted octanol–water partition coefficient (Wildman–Crippen LogP) is 6.94. The standard InChI is InChI=1S/C28H42N2/c1-20-12-6-11-17-24(20)29-21(2)25-18-19-28(22-13-7-8-14-22,23-15-9-10-16-23)30(25)26(29)27(3,4)5/h6,11-12,17-19,21-23,25-26H,7-10,13-16H2,1-5H3/t21-,25?,26?/m0/s1. The molecule has 1 aromatic rings. The first-order valence-corrected chi connectivity index (χ1v) is 12.7. The Morgan fingerprint density at radius 1 is 0.900 bits per heavy atom. The minimum atomic E-state index is 0.194. The molecule has 2 saturated carbocycles. The van der Waals surface area contributed by atoms with E-state index in [1.165, 1.54) is 62.6 Å². The summed E-state index contributed by atoms with van der Waals surface area (Å²) in [7, 11) is 0. The van der Waals surface area contributed by atoms with Crippen molar-refractivity contribution in [1.29, 1.82) is 0 Å². The third kappa shape index (κ3) is 2.93. The van der Waals surface area contributed by atoms with Crippen molar-refractivity contribution < 1.29 is 0 Å². The fraction of sp³-hybridized carbons (Fsp3) is 0.714. The quantitative estimate of drug-likeness (QED) is 0.502. The van der Waals surface area contributed by atoms with E-state index in [4.69, 9.17) is 0 Å². The molecule has 2 heterocycles. The fourth-order valence-electron chi connectivity index (χ4n) is 7.82. The number of aryl methyl sites for hydroxylation is 1. The van der Waals surface area contributed by atoms with E-state index in [0.29, 0.717) is 18.2 Å². The van der Waals surface area contributed by atoms with Gasteiger partial charge in [0.25, 0.3) is 0 Å². The smallest absolute Gasteiger partial charge is 0.0886 e. The zero-order chi connectivity index (χ0) is 21.1. The van der Waals surface area contributed by atoms with Crippen molar-refractivity contribution in [3.05, 3.63) is 42.0 Å². The minimum Gasteiger partial charge on any atom is -0.350 e. The maximum Gasteiger partial charge on any atom is 0.0886 e. The van der Waals surface area contributed by atoms with Gasteiger partial charge < -0.3 is 4.90 Å². The molecule has 0 amide bonds. The highest BCUT2D eigenvalue weighted by atomic mass is 15.5. The van der Waals surface area contributed by atoms with Crippen LogP contribution in [0.4, 0.5) is 5.69 Å². The van der Waals surface area contributed by atoms with E-state index < -0.39 is 0 Å². The van der Waals surface area contributed by atoms with Crippen LogP contribution in [0.15, 0.2) is 36.4 Å². The second-order valence-electron chi connectivity index (χ2n) is 11.8. The highest BCUT2D eigenvalue weighted by molar-refractivity contribution is 5.57. The van der Waals surface area contributed by atoms with E-state index in [-0.39, 0.29) is 11.0 Å². The van der Waals surface area contributed by atoms with Crippen molar-refractivity contribution >= 4 is 5.69 Å². The topological polar surface area (TPSA) is 6.48 Å². The molecule has 2 aliphatic heterocycles. The number of hydrogen-bond donors (Lipinski definition) is 0. The van der Waals surface area contributed by atoms with Crippen LogP contribution >= 0.6 is 0 Å². The number of hydrogen-bond acceptors (Lipinski definition) is 2. The number of rotatable bonds is 3. The molecule has 0 radical (unpaired) electrons. The molecule has 2 unspecified atom stereocenters. The van der Waals surface area contributed by atoms with Gasteiger partial charge in [-0.1, -0.05) is 76.8 Å². The third-order valence-electron chi connectivity index (χ3n) is 8.98. The normalized spacial score (nSPS) is 32.4. The number of fused-ring (bicyclic) bond motifs is 1. The van der Waals surface area contributed by atoms with Gasteiger partial charge in [-0.2, -0.15) is 0 Å². The van der Waals surface area contributed by atoms with Gasteiger partial charge in [0.05, 0.1) is 12.2 Å². The minimum absolute atomic E-state index is 0.194. The molecule has 3 atom stereocenters. The molecule has 0 spiro atoms. The van der Waals surface area contributed by atoms with Crippen LogP contribution in [0.1, 0.15) is 84.6 Å². The predicted molar refractivity (Wildman–Crippen MR) is 128 cm³/mol. The number of anilines is 1. The Hall–Kier alpha value is -1.28. The van der Waals surface area contributed by atoms with Gasteiger partial charge in [0.2, 0.25) is 0 Å². The summed E-state index contributed by atoms with van der Waals surface area (Å²) in [6.07, 6.45) is 17.3. The van der Waals surface area contributed by atoms with Crippen molar-refractivity contribution in [2.45, 2.75) is 110 Å². The third-order valence-corrected chi connectivity index (χ3v) is 8.98. The van der Waals surface area contributed by atoms with Crippen molar-refractivity contribution in [3.8, 4) is 0 Å².